The molecule has 0 aromatic carbocycles. The van der Waals surface area contributed by atoms with Gasteiger partial charge in [0.1, 0.15) is 0 Å². The fourth-order valence-electron chi connectivity index (χ4n) is 0. The molecule has 0 spiro atoms. The molecule has 0 bridgehead atoms. The van der Waals surface area contributed by atoms with Crippen LogP contribution in [0.3, 0.4) is 0 Å². The zero-order valence-corrected chi connectivity index (χ0v) is 12.9. The van der Waals surface area contributed by atoms with Crippen LogP contribution in [0.2, 0.25) is 0 Å². The predicted molar refractivity (Wildman–Crippen MR) is 23.3 cm³/mol. The molecule has 0 radical (unpaired) electrons. The van der Waals surface area contributed by atoms with Gasteiger partial charge >= 0.3 is 102 Å². The van der Waals surface area contributed by atoms with Crippen molar-refractivity contribution in [3.8, 4) is 0 Å². The summed E-state index contributed by atoms with van der Waals surface area (Å²) in [5.74, 6) is 0. The number of rotatable bonds is 0. The Balaban J connectivity index is -0.00000000900. The Hall–Kier alpha value is 3.47. The van der Waals surface area contributed by atoms with Gasteiger partial charge in [0, 0.05) is 0 Å². The monoisotopic (exact) mass is 717 g/mol. The zero-order valence-electron chi connectivity index (χ0n) is 2.66. The van der Waals surface area contributed by atoms with Crippen molar-refractivity contribution in [1.82, 2.24) is 0 Å². The standard InChI is InChI=1S/Al.3ClH.3Pt/h;3*1H;;;/q+3;;;;;;/p-3. The first-order valence-electron chi connectivity index (χ1n) is 0.359. The minimum absolute atomic E-state index is 0. The normalized spacial score (nSPS) is 3.00. The van der Waals surface area contributed by atoms with Crippen LogP contribution in [0.1, 0.15) is 0 Å². The Morgan fingerprint density at radius 1 is 0.571 bits per heavy atom. The van der Waals surface area contributed by atoms with Crippen LogP contribution in [-0.4, -0.2) is 17.4 Å². The molecule has 0 nitrogen and oxygen atoms in total. The Morgan fingerprint density at radius 3 is 0.571 bits per heavy atom. The van der Waals surface area contributed by atoms with E-state index in [4.69, 9.17) is 0 Å². The van der Waals surface area contributed by atoms with Gasteiger partial charge in [0.25, 0.3) is 0 Å². The van der Waals surface area contributed by atoms with Gasteiger partial charge in [0.05, 0.1) is 0 Å². The van der Waals surface area contributed by atoms with Crippen molar-refractivity contribution >= 4 is 45.6 Å². The van der Waals surface area contributed by atoms with Gasteiger partial charge in [0.15, 0.2) is 0 Å². The SMILES string of the molecule is [Al+3].[Cl][Pt-].[Cl][Pt-].[Cl][Pt-]. The molecule has 0 rings (SSSR count). The summed E-state index contributed by atoms with van der Waals surface area (Å²) in [4.78, 5) is 0. The van der Waals surface area contributed by atoms with E-state index in [0.29, 0.717) is 0 Å². The molecule has 0 saturated carbocycles. The van der Waals surface area contributed by atoms with Crippen LogP contribution in [0.4, 0.5) is 0 Å². The van der Waals surface area contributed by atoms with Crippen molar-refractivity contribution in [2.24, 2.45) is 0 Å². The van der Waals surface area contributed by atoms with Crippen molar-refractivity contribution in [2.45, 2.75) is 0 Å². The molecular weight excluding hydrogens is 719 g/mol. The molecule has 0 fully saturated rings. The first-order valence-corrected chi connectivity index (χ1v) is 8.81. The molecule has 0 aliphatic heterocycles. The first-order chi connectivity index (χ1) is 3.00. The van der Waals surface area contributed by atoms with E-state index in [2.05, 4.69) is 28.3 Å². The van der Waals surface area contributed by atoms with Crippen molar-refractivity contribution in [2.75, 3.05) is 0 Å². The van der Waals surface area contributed by atoms with Gasteiger partial charge in [-0.2, -0.15) is 0 Å². The molecule has 54 valence electrons. The molecule has 0 saturated heterocycles. The van der Waals surface area contributed by atoms with E-state index in [1.54, 1.807) is 56.3 Å². The molecule has 0 amide bonds. The Morgan fingerprint density at radius 2 is 0.571 bits per heavy atom. The topological polar surface area (TPSA) is 0 Å². The summed E-state index contributed by atoms with van der Waals surface area (Å²) in [7, 11) is 13.8. The molecule has 0 aromatic rings. The zero-order chi connectivity index (χ0) is 6.00. The molecule has 7 heavy (non-hydrogen) atoms. The summed E-state index contributed by atoms with van der Waals surface area (Å²) >= 11 is 4.83. The average molecular weight is 719 g/mol. The fourth-order valence-corrected chi connectivity index (χ4v) is 0. The van der Waals surface area contributed by atoms with Crippen molar-refractivity contribution in [3.63, 3.8) is 0 Å². The Labute approximate surface area is 100 Å². The van der Waals surface area contributed by atoms with Gasteiger partial charge in [-0.1, -0.05) is 0 Å². The van der Waals surface area contributed by atoms with Gasteiger partial charge < -0.3 is 0 Å². The summed E-state index contributed by atoms with van der Waals surface area (Å²) in [5, 5.41) is 0. The molecule has 0 unspecified atom stereocenters. The fraction of sp³-hybridized carbons (Fsp3) is 0. The van der Waals surface area contributed by atoms with E-state index in [1.165, 1.54) is 0 Å². The number of hydrogen-bond donors (Lipinski definition) is 0. The van der Waals surface area contributed by atoms with E-state index in [1.807, 2.05) is 0 Å². The quantitative estimate of drug-likeness (QED) is 0.335. The van der Waals surface area contributed by atoms with Crippen LogP contribution in [0.15, 0.2) is 0 Å². The molecule has 0 heterocycles. The summed E-state index contributed by atoms with van der Waals surface area (Å²) < 4.78 is 0. The number of halogens is 3. The van der Waals surface area contributed by atoms with Crippen LogP contribution in [0.5, 0.6) is 0 Å². The van der Waals surface area contributed by atoms with Gasteiger partial charge in [0.2, 0.25) is 0 Å². The van der Waals surface area contributed by atoms with E-state index in [0.717, 1.165) is 0 Å². The Bertz CT molecular complexity index is 10.1. The second-order valence-electron chi connectivity index (χ2n) is 0. The summed E-state index contributed by atoms with van der Waals surface area (Å²) in [5.41, 5.74) is 0. The second-order valence-corrected chi connectivity index (χ2v) is 0. The molecule has 0 aromatic heterocycles. The van der Waals surface area contributed by atoms with Gasteiger partial charge in [-0.15, -0.1) is 0 Å². The predicted octanol–water partition coefficient (Wildman–Crippen LogP) is 1.68. The minimum atomic E-state index is 0. The maximum atomic E-state index is 4.61. The first kappa shape index (κ1) is 22.4. The summed E-state index contributed by atoms with van der Waals surface area (Å²) in [6.45, 7) is 0. The molecule has 0 aliphatic rings. The van der Waals surface area contributed by atoms with Crippen LogP contribution in [0.25, 0.3) is 0 Å². The third-order valence-electron chi connectivity index (χ3n) is 0. The van der Waals surface area contributed by atoms with Gasteiger partial charge in [-0.05, 0) is 0 Å². The molecule has 0 aliphatic carbocycles. The second kappa shape index (κ2) is 56.5. The van der Waals surface area contributed by atoms with E-state index >= 15 is 0 Å². The van der Waals surface area contributed by atoms with Gasteiger partial charge in [-0.25, -0.2) is 0 Å². The summed E-state index contributed by atoms with van der Waals surface area (Å²) in [6.07, 6.45) is 0. The Kier molecular flexibility index (Phi) is 181. The molecule has 0 atom stereocenters. The van der Waals surface area contributed by atoms with Crippen molar-refractivity contribution in [3.05, 3.63) is 0 Å². The maximum absolute atomic E-state index is 4.61. The van der Waals surface area contributed by atoms with Crippen LogP contribution in [-0.2, 0) is 56.3 Å². The van der Waals surface area contributed by atoms with Crippen LogP contribution < -0.4 is 0 Å². The van der Waals surface area contributed by atoms with Crippen LogP contribution >= 0.6 is 28.3 Å². The third kappa shape index (κ3) is 43.9. The van der Waals surface area contributed by atoms with Crippen LogP contribution in [0, 0.1) is 0 Å². The number of hydrogen-bond acceptors (Lipinski definition) is 0. The van der Waals surface area contributed by atoms with Crippen molar-refractivity contribution < 1.29 is 56.3 Å². The van der Waals surface area contributed by atoms with E-state index in [9.17, 15) is 0 Å². The summed E-state index contributed by atoms with van der Waals surface area (Å²) in [6, 6.07) is 0. The third-order valence-corrected chi connectivity index (χ3v) is 0. The van der Waals surface area contributed by atoms with E-state index in [-0.39, 0.29) is 17.4 Å². The van der Waals surface area contributed by atoms with E-state index < -0.39 is 0 Å². The van der Waals surface area contributed by atoms with Crippen molar-refractivity contribution in [1.29, 1.82) is 0 Å². The van der Waals surface area contributed by atoms with Gasteiger partial charge in [-0.3, -0.25) is 0 Å². The molecule has 0 N–H and O–H groups in total. The molecular formula is AlCl3Pt3. The average Bonchev–Trinajstić information content (AvgIpc) is 1.81. The molecule has 7 heteroatoms.